The van der Waals surface area contributed by atoms with Crippen LogP contribution in [0.2, 0.25) is 0 Å². The highest BCUT2D eigenvalue weighted by Crippen LogP contribution is 2.26. The molecule has 0 aliphatic carbocycles. The van der Waals surface area contributed by atoms with Gasteiger partial charge in [-0.3, -0.25) is 4.90 Å². The molecule has 8 heteroatoms. The highest BCUT2D eigenvalue weighted by Gasteiger charge is 2.28. The topological polar surface area (TPSA) is 80.3 Å². The van der Waals surface area contributed by atoms with E-state index in [0.29, 0.717) is 19.7 Å². The number of hydrogen-bond donors (Lipinski definition) is 1. The summed E-state index contributed by atoms with van der Waals surface area (Å²) < 4.78 is 16.3. The van der Waals surface area contributed by atoms with Crippen molar-refractivity contribution < 1.29 is 23.8 Å². The minimum absolute atomic E-state index is 0.256. The first kappa shape index (κ1) is 25.5. The van der Waals surface area contributed by atoms with Crippen molar-refractivity contribution in [2.24, 2.45) is 0 Å². The van der Waals surface area contributed by atoms with E-state index >= 15 is 0 Å². The fourth-order valence-electron chi connectivity index (χ4n) is 3.35. The van der Waals surface area contributed by atoms with Gasteiger partial charge in [0.2, 0.25) is 0 Å². The lowest BCUT2D eigenvalue weighted by atomic mass is 10.0. The summed E-state index contributed by atoms with van der Waals surface area (Å²) in [6.45, 7) is 17.1. The Morgan fingerprint density at radius 1 is 1.12 bits per heavy atom. The van der Waals surface area contributed by atoms with Gasteiger partial charge in [0.05, 0.1) is 7.11 Å². The number of carbonyl (C=O) groups is 2. The Morgan fingerprint density at radius 2 is 1.78 bits per heavy atom. The molecular formula is C24H37N3O5. The van der Waals surface area contributed by atoms with Gasteiger partial charge in [-0.25, -0.2) is 9.59 Å². The van der Waals surface area contributed by atoms with E-state index in [0.717, 1.165) is 36.6 Å². The summed E-state index contributed by atoms with van der Waals surface area (Å²) >= 11 is 0. The number of esters is 1. The van der Waals surface area contributed by atoms with Crippen LogP contribution in [-0.4, -0.2) is 79.4 Å². The molecule has 1 N–H and O–H groups in total. The second-order valence-electron chi connectivity index (χ2n) is 9.36. The molecule has 1 aromatic rings. The SMILES string of the molecule is C=Cc1cc(NC(C)(C)C(=O)OC)ccc1OCCN1CCN(C(=O)OC(C)(C)C)CC1. The Hall–Kier alpha value is -2.74. The van der Waals surface area contributed by atoms with Crippen LogP contribution in [0.5, 0.6) is 5.75 Å². The smallest absolute Gasteiger partial charge is 0.410 e. The zero-order chi connectivity index (χ0) is 23.9. The van der Waals surface area contributed by atoms with Crippen LogP contribution in [-0.2, 0) is 14.3 Å². The molecule has 0 unspecified atom stereocenters. The molecule has 1 fully saturated rings. The molecule has 0 saturated carbocycles. The summed E-state index contributed by atoms with van der Waals surface area (Å²) in [6, 6.07) is 5.63. The first-order chi connectivity index (χ1) is 14.9. The second kappa shape index (κ2) is 10.7. The molecule has 0 aromatic heterocycles. The average Bonchev–Trinajstić information content (AvgIpc) is 2.72. The van der Waals surface area contributed by atoms with E-state index in [1.54, 1.807) is 24.8 Å². The Bertz CT molecular complexity index is 808. The molecule has 0 radical (unpaired) electrons. The van der Waals surface area contributed by atoms with E-state index < -0.39 is 11.1 Å². The number of amides is 1. The molecule has 1 aliphatic heterocycles. The molecule has 0 bridgehead atoms. The van der Waals surface area contributed by atoms with Crippen molar-refractivity contribution >= 4 is 23.8 Å². The van der Waals surface area contributed by atoms with Crippen molar-refractivity contribution in [3.8, 4) is 5.75 Å². The Balaban J connectivity index is 1.84. The fraction of sp³-hybridized carbons (Fsp3) is 0.583. The summed E-state index contributed by atoms with van der Waals surface area (Å²) in [7, 11) is 1.37. The highest BCUT2D eigenvalue weighted by atomic mass is 16.6. The standard InChI is InChI=1S/C24H37N3O5/c1-8-18-17-19(25-24(5,6)21(28)30-7)9-10-20(18)31-16-15-26-11-13-27(14-12-26)22(29)32-23(2,3)4/h8-10,17,25H,1,11-16H2,2-7H3. The second-order valence-corrected chi connectivity index (χ2v) is 9.36. The monoisotopic (exact) mass is 447 g/mol. The summed E-state index contributed by atoms with van der Waals surface area (Å²) in [6.07, 6.45) is 1.47. The minimum atomic E-state index is -0.850. The van der Waals surface area contributed by atoms with Crippen molar-refractivity contribution in [1.82, 2.24) is 9.80 Å². The van der Waals surface area contributed by atoms with Crippen LogP contribution in [0.15, 0.2) is 24.8 Å². The third-order valence-electron chi connectivity index (χ3n) is 5.07. The van der Waals surface area contributed by atoms with Gasteiger partial charge in [0.1, 0.15) is 23.5 Å². The largest absolute Gasteiger partial charge is 0.492 e. The van der Waals surface area contributed by atoms with Crippen LogP contribution in [0.4, 0.5) is 10.5 Å². The zero-order valence-electron chi connectivity index (χ0n) is 20.2. The van der Waals surface area contributed by atoms with Crippen molar-refractivity contribution in [2.45, 2.75) is 45.8 Å². The van der Waals surface area contributed by atoms with Gasteiger partial charge in [-0.15, -0.1) is 0 Å². The number of ether oxygens (including phenoxy) is 3. The van der Waals surface area contributed by atoms with E-state index in [2.05, 4.69) is 16.8 Å². The van der Waals surface area contributed by atoms with Crippen LogP contribution in [0, 0.1) is 0 Å². The number of carbonyl (C=O) groups excluding carboxylic acids is 2. The van der Waals surface area contributed by atoms with Crippen LogP contribution in [0.3, 0.4) is 0 Å². The van der Waals surface area contributed by atoms with Gasteiger partial charge < -0.3 is 24.4 Å². The summed E-state index contributed by atoms with van der Waals surface area (Å²) in [5, 5.41) is 3.18. The normalized spacial score (nSPS) is 15.1. The number of nitrogens with zero attached hydrogens (tertiary/aromatic N) is 2. The van der Waals surface area contributed by atoms with E-state index in [1.807, 2.05) is 39.0 Å². The van der Waals surface area contributed by atoms with Crippen molar-refractivity contribution in [3.05, 3.63) is 30.3 Å². The molecule has 1 saturated heterocycles. The van der Waals surface area contributed by atoms with Crippen molar-refractivity contribution in [2.75, 3.05) is 51.8 Å². The van der Waals surface area contributed by atoms with E-state index in [1.165, 1.54) is 7.11 Å². The lowest BCUT2D eigenvalue weighted by molar-refractivity contribution is -0.144. The van der Waals surface area contributed by atoms with Gasteiger partial charge >= 0.3 is 12.1 Å². The molecule has 1 aliphatic rings. The maximum atomic E-state index is 12.2. The Morgan fingerprint density at radius 3 is 2.34 bits per heavy atom. The molecule has 32 heavy (non-hydrogen) atoms. The van der Waals surface area contributed by atoms with Crippen LogP contribution in [0.1, 0.15) is 40.2 Å². The highest BCUT2D eigenvalue weighted by molar-refractivity contribution is 5.83. The van der Waals surface area contributed by atoms with Crippen molar-refractivity contribution in [1.29, 1.82) is 0 Å². The number of rotatable bonds is 8. The first-order valence-electron chi connectivity index (χ1n) is 10.9. The number of hydrogen-bond acceptors (Lipinski definition) is 7. The third kappa shape index (κ3) is 7.44. The van der Waals surface area contributed by atoms with E-state index in [4.69, 9.17) is 14.2 Å². The molecule has 178 valence electrons. The fourth-order valence-corrected chi connectivity index (χ4v) is 3.35. The molecule has 0 atom stereocenters. The molecule has 1 heterocycles. The van der Waals surface area contributed by atoms with E-state index in [9.17, 15) is 9.59 Å². The third-order valence-corrected chi connectivity index (χ3v) is 5.07. The Labute approximate surface area is 191 Å². The van der Waals surface area contributed by atoms with Crippen LogP contribution in [0.25, 0.3) is 6.08 Å². The first-order valence-corrected chi connectivity index (χ1v) is 10.9. The van der Waals surface area contributed by atoms with Gasteiger partial charge in [0.15, 0.2) is 0 Å². The van der Waals surface area contributed by atoms with Crippen LogP contribution < -0.4 is 10.1 Å². The summed E-state index contributed by atoms with van der Waals surface area (Å²) in [5.74, 6) is 0.388. The average molecular weight is 448 g/mol. The Kier molecular flexibility index (Phi) is 8.55. The molecular weight excluding hydrogens is 410 g/mol. The minimum Gasteiger partial charge on any atom is -0.492 e. The number of anilines is 1. The number of methoxy groups -OCH3 is 1. The molecule has 2 rings (SSSR count). The van der Waals surface area contributed by atoms with Gasteiger partial charge in [0, 0.05) is 44.0 Å². The maximum Gasteiger partial charge on any atom is 0.410 e. The lowest BCUT2D eigenvalue weighted by Crippen LogP contribution is -2.50. The quantitative estimate of drug-likeness (QED) is 0.610. The predicted octanol–water partition coefficient (Wildman–Crippen LogP) is 3.62. The number of nitrogens with one attached hydrogen (secondary N) is 1. The van der Waals surface area contributed by atoms with Gasteiger partial charge in [-0.1, -0.05) is 12.7 Å². The predicted molar refractivity (Wildman–Crippen MR) is 126 cm³/mol. The molecule has 0 spiro atoms. The van der Waals surface area contributed by atoms with Crippen LogP contribution >= 0.6 is 0 Å². The van der Waals surface area contributed by atoms with Gasteiger partial charge in [-0.05, 0) is 52.8 Å². The summed E-state index contributed by atoms with van der Waals surface area (Å²) in [4.78, 5) is 28.1. The molecule has 1 aromatic carbocycles. The van der Waals surface area contributed by atoms with Gasteiger partial charge in [-0.2, -0.15) is 0 Å². The molecule has 8 nitrogen and oxygen atoms in total. The van der Waals surface area contributed by atoms with Crippen molar-refractivity contribution in [3.63, 3.8) is 0 Å². The van der Waals surface area contributed by atoms with Gasteiger partial charge in [0.25, 0.3) is 0 Å². The zero-order valence-corrected chi connectivity index (χ0v) is 20.2. The number of piperazine rings is 1. The van der Waals surface area contributed by atoms with E-state index in [-0.39, 0.29) is 12.1 Å². The molecule has 1 amide bonds. The maximum absolute atomic E-state index is 12.2. The lowest BCUT2D eigenvalue weighted by Gasteiger charge is -2.35. The summed E-state index contributed by atoms with van der Waals surface area (Å²) in [5.41, 5.74) is 0.286. The number of benzene rings is 1.